The van der Waals surface area contributed by atoms with Crippen molar-refractivity contribution in [2.75, 3.05) is 6.61 Å². The van der Waals surface area contributed by atoms with Crippen molar-refractivity contribution in [3.05, 3.63) is 15.8 Å². The molecule has 2 N–H and O–H groups in total. The highest BCUT2D eigenvalue weighted by molar-refractivity contribution is 7.89. The molecule has 1 heterocycles. The molecule has 0 saturated carbocycles. The molecule has 0 unspecified atom stereocenters. The number of carbonyl (C=O) groups excluding carboxylic acids is 1. The summed E-state index contributed by atoms with van der Waals surface area (Å²) in [4.78, 5) is 12.5. The minimum atomic E-state index is -3.78. The molecule has 5 nitrogen and oxygen atoms in total. The molecule has 0 aliphatic carbocycles. The Morgan fingerprint density at radius 1 is 1.37 bits per heavy atom. The normalized spacial score (nSPS) is 11.5. The Labute approximate surface area is 117 Å². The Bertz CT molecular complexity index is 534. The van der Waals surface area contributed by atoms with Crippen LogP contribution in [-0.2, 0) is 14.8 Å². The van der Waals surface area contributed by atoms with Gasteiger partial charge in [-0.2, -0.15) is 0 Å². The van der Waals surface area contributed by atoms with Crippen LogP contribution in [0.1, 0.15) is 47.2 Å². The first-order valence-corrected chi connectivity index (χ1v) is 8.53. The van der Waals surface area contributed by atoms with E-state index in [1.54, 1.807) is 6.92 Å². The van der Waals surface area contributed by atoms with Crippen LogP contribution in [0.15, 0.2) is 11.0 Å². The summed E-state index contributed by atoms with van der Waals surface area (Å²) >= 11 is 1.08. The van der Waals surface area contributed by atoms with Crippen molar-refractivity contribution < 1.29 is 17.9 Å². The molecule has 108 valence electrons. The van der Waals surface area contributed by atoms with Gasteiger partial charge in [-0.25, -0.2) is 18.4 Å². The summed E-state index contributed by atoms with van der Waals surface area (Å²) in [5.74, 6) is -0.487. The molecular formula is C12H19NO4S2. The van der Waals surface area contributed by atoms with Gasteiger partial charge in [0.05, 0.1) is 11.5 Å². The fourth-order valence-corrected chi connectivity index (χ4v) is 3.65. The molecule has 0 bridgehead atoms. The van der Waals surface area contributed by atoms with E-state index in [-0.39, 0.29) is 9.77 Å². The van der Waals surface area contributed by atoms with Crippen LogP contribution in [0.4, 0.5) is 0 Å². The van der Waals surface area contributed by atoms with Gasteiger partial charge in [-0.1, -0.05) is 26.2 Å². The highest BCUT2D eigenvalue weighted by Crippen LogP contribution is 2.25. The minimum Gasteiger partial charge on any atom is -0.462 e. The van der Waals surface area contributed by atoms with Crippen LogP contribution in [-0.4, -0.2) is 21.0 Å². The number of esters is 1. The lowest BCUT2D eigenvalue weighted by molar-refractivity contribution is 0.0503. The van der Waals surface area contributed by atoms with Gasteiger partial charge in [0.1, 0.15) is 4.88 Å². The Morgan fingerprint density at radius 2 is 2.05 bits per heavy atom. The van der Waals surface area contributed by atoms with Crippen molar-refractivity contribution in [2.45, 2.75) is 44.4 Å². The average molecular weight is 305 g/mol. The number of rotatable bonds is 7. The van der Waals surface area contributed by atoms with Crippen LogP contribution in [0.5, 0.6) is 0 Å². The number of unbranched alkanes of at least 4 members (excludes halogenated alkanes) is 3. The summed E-state index contributed by atoms with van der Waals surface area (Å²) in [6.45, 7) is 4.08. The second kappa shape index (κ2) is 7.02. The number of carbonyl (C=O) groups is 1. The average Bonchev–Trinajstić information content (AvgIpc) is 2.70. The van der Waals surface area contributed by atoms with Gasteiger partial charge < -0.3 is 4.74 Å². The summed E-state index contributed by atoms with van der Waals surface area (Å²) in [6, 6.07) is 1.28. The monoisotopic (exact) mass is 305 g/mol. The van der Waals surface area contributed by atoms with Gasteiger partial charge in [0.2, 0.25) is 10.0 Å². The number of hydrogen-bond acceptors (Lipinski definition) is 5. The van der Waals surface area contributed by atoms with E-state index < -0.39 is 16.0 Å². The predicted molar refractivity (Wildman–Crippen MR) is 74.9 cm³/mol. The Hall–Kier alpha value is -0.920. The molecule has 19 heavy (non-hydrogen) atoms. The van der Waals surface area contributed by atoms with E-state index >= 15 is 0 Å². The topological polar surface area (TPSA) is 86.5 Å². The summed E-state index contributed by atoms with van der Waals surface area (Å²) in [7, 11) is -3.78. The lowest BCUT2D eigenvalue weighted by atomic mass is 10.2. The number of thiophene rings is 1. The van der Waals surface area contributed by atoms with E-state index in [9.17, 15) is 13.2 Å². The van der Waals surface area contributed by atoms with Gasteiger partial charge in [0, 0.05) is 4.88 Å². The molecule has 0 fully saturated rings. The molecule has 7 heteroatoms. The van der Waals surface area contributed by atoms with Crippen molar-refractivity contribution in [1.29, 1.82) is 0 Å². The smallest absolute Gasteiger partial charge is 0.348 e. The van der Waals surface area contributed by atoms with Crippen molar-refractivity contribution >= 4 is 27.3 Å². The maximum Gasteiger partial charge on any atom is 0.348 e. The first-order chi connectivity index (χ1) is 8.86. The number of sulfonamides is 1. The first-order valence-electron chi connectivity index (χ1n) is 6.16. The molecule has 1 aromatic rings. The maximum atomic E-state index is 11.7. The fraction of sp³-hybridized carbons (Fsp3) is 0.583. The lowest BCUT2D eigenvalue weighted by Gasteiger charge is -2.02. The third kappa shape index (κ3) is 4.93. The van der Waals surface area contributed by atoms with E-state index in [2.05, 4.69) is 6.92 Å². The molecule has 0 aliphatic rings. The Kier molecular flexibility index (Phi) is 5.96. The quantitative estimate of drug-likeness (QED) is 0.619. The molecule has 1 rings (SSSR count). The third-order valence-corrected chi connectivity index (χ3v) is 4.81. The van der Waals surface area contributed by atoms with Gasteiger partial charge in [0.25, 0.3) is 0 Å². The van der Waals surface area contributed by atoms with Crippen LogP contribution in [0.3, 0.4) is 0 Å². The van der Waals surface area contributed by atoms with Crippen LogP contribution >= 0.6 is 11.3 Å². The number of hydrogen-bond donors (Lipinski definition) is 1. The fourth-order valence-electron chi connectivity index (χ4n) is 1.61. The third-order valence-electron chi connectivity index (χ3n) is 2.61. The number of primary sulfonamides is 1. The molecule has 0 aromatic carbocycles. The zero-order valence-corrected chi connectivity index (χ0v) is 12.8. The zero-order valence-electron chi connectivity index (χ0n) is 11.1. The number of nitrogens with two attached hydrogens (primary N) is 1. The molecule has 1 aromatic heterocycles. The molecule has 0 saturated heterocycles. The minimum absolute atomic E-state index is 0.00423. The number of ether oxygens (including phenoxy) is 1. The summed E-state index contributed by atoms with van der Waals surface area (Å²) in [5, 5.41) is 5.05. The molecule has 0 atom stereocenters. The molecule has 0 radical (unpaired) electrons. The van der Waals surface area contributed by atoms with E-state index in [1.807, 2.05) is 0 Å². The molecule has 0 amide bonds. The Morgan fingerprint density at radius 3 is 2.58 bits per heavy atom. The number of aryl methyl sites for hydroxylation is 1. The van der Waals surface area contributed by atoms with Crippen LogP contribution in [0.2, 0.25) is 0 Å². The first kappa shape index (κ1) is 16.1. The van der Waals surface area contributed by atoms with E-state index in [4.69, 9.17) is 9.88 Å². The van der Waals surface area contributed by atoms with Crippen molar-refractivity contribution in [3.8, 4) is 0 Å². The SMILES string of the molecule is CCCCCCOC(=O)c1cc(S(N)(=O)=O)c(C)s1. The maximum absolute atomic E-state index is 11.7. The summed E-state index contributed by atoms with van der Waals surface area (Å²) in [5.41, 5.74) is 0. The summed E-state index contributed by atoms with van der Waals surface area (Å²) in [6.07, 6.45) is 4.09. The summed E-state index contributed by atoms with van der Waals surface area (Å²) < 4.78 is 27.6. The van der Waals surface area contributed by atoms with Crippen molar-refractivity contribution in [3.63, 3.8) is 0 Å². The zero-order chi connectivity index (χ0) is 14.5. The van der Waals surface area contributed by atoms with E-state index in [1.165, 1.54) is 6.07 Å². The molecule has 0 aliphatic heterocycles. The van der Waals surface area contributed by atoms with Crippen LogP contribution in [0.25, 0.3) is 0 Å². The highest BCUT2D eigenvalue weighted by atomic mass is 32.2. The largest absolute Gasteiger partial charge is 0.462 e. The predicted octanol–water partition coefficient (Wildman–Crippen LogP) is 2.44. The van der Waals surface area contributed by atoms with Gasteiger partial charge >= 0.3 is 5.97 Å². The second-order valence-electron chi connectivity index (χ2n) is 4.27. The van der Waals surface area contributed by atoms with Gasteiger partial charge in [-0.05, 0) is 19.4 Å². The highest BCUT2D eigenvalue weighted by Gasteiger charge is 2.19. The molecular weight excluding hydrogens is 286 g/mol. The van der Waals surface area contributed by atoms with Gasteiger partial charge in [-0.15, -0.1) is 11.3 Å². The van der Waals surface area contributed by atoms with Crippen molar-refractivity contribution in [2.24, 2.45) is 5.14 Å². The van der Waals surface area contributed by atoms with Crippen molar-refractivity contribution in [1.82, 2.24) is 0 Å². The van der Waals surface area contributed by atoms with Gasteiger partial charge in [-0.3, -0.25) is 0 Å². The van der Waals surface area contributed by atoms with E-state index in [0.29, 0.717) is 11.5 Å². The Balaban J connectivity index is 2.59. The van der Waals surface area contributed by atoms with Crippen LogP contribution < -0.4 is 5.14 Å². The lowest BCUT2D eigenvalue weighted by Crippen LogP contribution is -2.12. The standard InChI is InChI=1S/C12H19NO4S2/c1-3-4-5-6-7-17-12(14)10-8-11(9(2)18-10)19(13,15)16/h8H,3-7H2,1-2H3,(H2,13,15,16). The molecule has 0 spiro atoms. The van der Waals surface area contributed by atoms with Gasteiger partial charge in [0.15, 0.2) is 0 Å². The second-order valence-corrected chi connectivity index (χ2v) is 7.06. The van der Waals surface area contributed by atoms with Crippen LogP contribution in [0, 0.1) is 6.92 Å². The van der Waals surface area contributed by atoms with E-state index in [0.717, 1.165) is 37.0 Å².